The van der Waals surface area contributed by atoms with E-state index in [1.807, 2.05) is 48.0 Å². The van der Waals surface area contributed by atoms with Crippen molar-refractivity contribution in [3.8, 4) is 0 Å². The molecule has 0 bridgehead atoms. The minimum absolute atomic E-state index is 0.0579. The van der Waals surface area contributed by atoms with Crippen LogP contribution in [0, 0.1) is 20.8 Å². The van der Waals surface area contributed by atoms with E-state index in [1.54, 1.807) is 0 Å². The van der Waals surface area contributed by atoms with Gasteiger partial charge in [0.2, 0.25) is 5.91 Å². The zero-order chi connectivity index (χ0) is 19.6. The highest BCUT2D eigenvalue weighted by Gasteiger charge is 2.23. The number of aryl methyl sites for hydroxylation is 2. The Labute approximate surface area is 161 Å². The molecule has 1 aromatic carbocycles. The highest BCUT2D eigenvalue weighted by atomic mass is 16.2. The number of hydrogen-bond donors (Lipinski definition) is 0. The van der Waals surface area contributed by atoms with Gasteiger partial charge in [-0.2, -0.15) is 0 Å². The van der Waals surface area contributed by atoms with Gasteiger partial charge in [0, 0.05) is 50.2 Å². The normalized spacial score (nSPS) is 15.0. The van der Waals surface area contributed by atoms with Gasteiger partial charge in [0.25, 0.3) is 5.91 Å². The van der Waals surface area contributed by atoms with E-state index in [1.165, 1.54) is 5.69 Å². The molecule has 0 unspecified atom stereocenters. The third-order valence-corrected chi connectivity index (χ3v) is 5.62. The fourth-order valence-electron chi connectivity index (χ4n) is 3.72. The summed E-state index contributed by atoms with van der Waals surface area (Å²) in [6.45, 7) is 8.70. The summed E-state index contributed by atoms with van der Waals surface area (Å²) in [5, 5.41) is 0. The summed E-state index contributed by atoms with van der Waals surface area (Å²) in [6, 6.07) is 9.80. The fourth-order valence-corrected chi connectivity index (χ4v) is 3.72. The van der Waals surface area contributed by atoms with E-state index < -0.39 is 0 Å². The molecular formula is C22H29N3O2. The van der Waals surface area contributed by atoms with Crippen LogP contribution in [0.2, 0.25) is 0 Å². The second-order valence-electron chi connectivity index (χ2n) is 7.53. The van der Waals surface area contributed by atoms with Crippen molar-refractivity contribution in [2.45, 2.75) is 33.6 Å². The van der Waals surface area contributed by atoms with Crippen LogP contribution in [0.5, 0.6) is 0 Å². The van der Waals surface area contributed by atoms with Gasteiger partial charge in [-0.05, 0) is 51.0 Å². The number of carbonyl (C=O) groups is 2. The van der Waals surface area contributed by atoms with E-state index in [0.717, 1.165) is 28.8 Å². The summed E-state index contributed by atoms with van der Waals surface area (Å²) in [5.74, 6) is 0.205. The Balaban J connectivity index is 1.63. The van der Waals surface area contributed by atoms with E-state index in [2.05, 4.69) is 24.5 Å². The van der Waals surface area contributed by atoms with Crippen molar-refractivity contribution >= 4 is 11.8 Å². The molecule has 0 saturated carbocycles. The molecule has 2 aromatic rings. The van der Waals surface area contributed by atoms with Gasteiger partial charge in [-0.3, -0.25) is 9.59 Å². The lowest BCUT2D eigenvalue weighted by Crippen LogP contribution is -2.38. The fraction of sp³-hybridized carbons (Fsp3) is 0.455. The van der Waals surface area contributed by atoms with E-state index in [9.17, 15) is 9.59 Å². The highest BCUT2D eigenvalue weighted by Crippen LogP contribution is 2.16. The summed E-state index contributed by atoms with van der Waals surface area (Å²) >= 11 is 0. The molecule has 1 aliphatic heterocycles. The van der Waals surface area contributed by atoms with Crippen LogP contribution in [-0.2, 0) is 18.3 Å². The Morgan fingerprint density at radius 2 is 1.67 bits per heavy atom. The Kier molecular flexibility index (Phi) is 5.68. The van der Waals surface area contributed by atoms with Crippen LogP contribution in [0.15, 0.2) is 30.3 Å². The molecule has 144 valence electrons. The average molecular weight is 367 g/mol. The van der Waals surface area contributed by atoms with E-state index in [-0.39, 0.29) is 11.8 Å². The summed E-state index contributed by atoms with van der Waals surface area (Å²) in [5.41, 5.74) is 5.22. The molecule has 1 saturated heterocycles. The molecule has 1 aromatic heterocycles. The number of amides is 2. The first-order chi connectivity index (χ1) is 12.9. The van der Waals surface area contributed by atoms with Crippen LogP contribution in [0.4, 0.5) is 0 Å². The monoisotopic (exact) mass is 367 g/mol. The molecular weight excluding hydrogens is 338 g/mol. The zero-order valence-corrected chi connectivity index (χ0v) is 16.8. The molecule has 5 nitrogen and oxygen atoms in total. The predicted molar refractivity (Wildman–Crippen MR) is 107 cm³/mol. The van der Waals surface area contributed by atoms with Crippen LogP contribution in [-0.4, -0.2) is 52.4 Å². The molecule has 2 amide bonds. The van der Waals surface area contributed by atoms with Gasteiger partial charge in [-0.1, -0.05) is 17.7 Å². The van der Waals surface area contributed by atoms with Crippen molar-refractivity contribution in [2.75, 3.05) is 26.2 Å². The van der Waals surface area contributed by atoms with Crippen LogP contribution in [0.3, 0.4) is 0 Å². The first-order valence-corrected chi connectivity index (χ1v) is 9.62. The van der Waals surface area contributed by atoms with Gasteiger partial charge < -0.3 is 14.4 Å². The molecule has 2 heterocycles. The molecule has 5 heteroatoms. The number of aromatic nitrogens is 1. The topological polar surface area (TPSA) is 45.6 Å². The Hall–Kier alpha value is -2.56. The maximum Gasteiger partial charge on any atom is 0.253 e. The Morgan fingerprint density at radius 1 is 0.963 bits per heavy atom. The molecule has 0 N–H and O–H groups in total. The summed E-state index contributed by atoms with van der Waals surface area (Å²) in [6.07, 6.45) is 1.25. The van der Waals surface area contributed by atoms with Crippen molar-refractivity contribution in [3.05, 3.63) is 58.4 Å². The van der Waals surface area contributed by atoms with Crippen LogP contribution in [0.1, 0.15) is 39.3 Å². The van der Waals surface area contributed by atoms with Gasteiger partial charge in [0.1, 0.15) is 0 Å². The van der Waals surface area contributed by atoms with Crippen molar-refractivity contribution in [2.24, 2.45) is 7.05 Å². The smallest absolute Gasteiger partial charge is 0.253 e. The molecule has 1 fully saturated rings. The van der Waals surface area contributed by atoms with Crippen molar-refractivity contribution < 1.29 is 9.59 Å². The average Bonchev–Trinajstić information content (AvgIpc) is 2.85. The van der Waals surface area contributed by atoms with Gasteiger partial charge in [0.05, 0.1) is 6.42 Å². The lowest BCUT2D eigenvalue weighted by molar-refractivity contribution is -0.130. The molecule has 3 rings (SSSR count). The number of benzene rings is 1. The molecule has 0 spiro atoms. The largest absolute Gasteiger partial charge is 0.352 e. The van der Waals surface area contributed by atoms with Gasteiger partial charge >= 0.3 is 0 Å². The SMILES string of the molecule is Cc1cccc(C(=O)N2CCCN(C(=O)Cc3cc(C)n(C)c3C)CC2)c1. The van der Waals surface area contributed by atoms with Crippen molar-refractivity contribution in [1.29, 1.82) is 0 Å². The molecule has 1 aliphatic rings. The summed E-state index contributed by atoms with van der Waals surface area (Å²) < 4.78 is 2.12. The van der Waals surface area contributed by atoms with E-state index in [0.29, 0.717) is 32.6 Å². The van der Waals surface area contributed by atoms with Crippen LogP contribution >= 0.6 is 0 Å². The Morgan fingerprint density at radius 3 is 2.33 bits per heavy atom. The second kappa shape index (κ2) is 7.99. The lowest BCUT2D eigenvalue weighted by Gasteiger charge is -2.22. The number of hydrogen-bond acceptors (Lipinski definition) is 2. The molecule has 27 heavy (non-hydrogen) atoms. The van der Waals surface area contributed by atoms with E-state index in [4.69, 9.17) is 0 Å². The number of carbonyl (C=O) groups excluding carboxylic acids is 2. The predicted octanol–water partition coefficient (Wildman–Crippen LogP) is 2.87. The van der Waals surface area contributed by atoms with Crippen LogP contribution in [0.25, 0.3) is 0 Å². The maximum absolute atomic E-state index is 12.8. The maximum atomic E-state index is 12.8. The van der Waals surface area contributed by atoms with Gasteiger partial charge in [-0.15, -0.1) is 0 Å². The Bertz CT molecular complexity index is 853. The van der Waals surface area contributed by atoms with Gasteiger partial charge in [0.15, 0.2) is 0 Å². The standard InChI is InChI=1S/C22H29N3O2/c1-16-7-5-8-19(13-16)22(27)25-10-6-9-24(11-12-25)21(26)15-20-14-17(2)23(4)18(20)3/h5,7-8,13-14H,6,9-12,15H2,1-4H3. The third-order valence-electron chi connectivity index (χ3n) is 5.62. The van der Waals surface area contributed by atoms with Crippen molar-refractivity contribution in [1.82, 2.24) is 14.4 Å². The van der Waals surface area contributed by atoms with E-state index >= 15 is 0 Å². The molecule has 0 atom stereocenters. The van der Waals surface area contributed by atoms with Gasteiger partial charge in [-0.25, -0.2) is 0 Å². The zero-order valence-electron chi connectivity index (χ0n) is 16.8. The number of rotatable bonds is 3. The lowest BCUT2D eigenvalue weighted by atomic mass is 10.1. The minimum Gasteiger partial charge on any atom is -0.352 e. The summed E-state index contributed by atoms with van der Waals surface area (Å²) in [7, 11) is 2.03. The molecule has 0 radical (unpaired) electrons. The first-order valence-electron chi connectivity index (χ1n) is 9.62. The third kappa shape index (κ3) is 4.24. The quantitative estimate of drug-likeness (QED) is 0.837. The first kappa shape index (κ1) is 19.2. The highest BCUT2D eigenvalue weighted by molar-refractivity contribution is 5.94. The minimum atomic E-state index is 0.0579. The summed E-state index contributed by atoms with van der Waals surface area (Å²) in [4.78, 5) is 29.4. The second-order valence-corrected chi connectivity index (χ2v) is 7.53. The van der Waals surface area contributed by atoms with Crippen molar-refractivity contribution in [3.63, 3.8) is 0 Å². The number of nitrogens with zero attached hydrogens (tertiary/aromatic N) is 3. The van der Waals surface area contributed by atoms with Crippen LogP contribution < -0.4 is 0 Å². The molecule has 0 aliphatic carbocycles.